The summed E-state index contributed by atoms with van der Waals surface area (Å²) in [6, 6.07) is 0.358. The van der Waals surface area contributed by atoms with E-state index in [4.69, 9.17) is 16.2 Å². The fourth-order valence-corrected chi connectivity index (χ4v) is 1.96. The third-order valence-electron chi connectivity index (χ3n) is 2.97. The van der Waals surface area contributed by atoms with Gasteiger partial charge in [-0.3, -0.25) is 0 Å². The zero-order valence-corrected chi connectivity index (χ0v) is 9.77. The largest absolute Gasteiger partial charge is 0.498 e. The van der Waals surface area contributed by atoms with E-state index >= 15 is 0 Å². The summed E-state index contributed by atoms with van der Waals surface area (Å²) >= 11 is 0. The molecule has 7 nitrogen and oxygen atoms in total. The maximum atomic E-state index is 9.68. The molecule has 18 heavy (non-hydrogen) atoms. The molecule has 3 heterocycles. The third kappa shape index (κ3) is 2.88. The molecule has 96 valence electrons. The summed E-state index contributed by atoms with van der Waals surface area (Å²) in [7, 11) is 0. The number of nitroso groups, excluding NO2 is 1. The molecule has 1 saturated heterocycles. The molecule has 2 aliphatic heterocycles. The molecule has 0 saturated carbocycles. The maximum Gasteiger partial charge on any atom is 0.144 e. The van der Waals surface area contributed by atoms with Crippen LogP contribution in [0.4, 0.5) is 5.69 Å². The Morgan fingerprint density at radius 1 is 1.33 bits per heavy atom. The van der Waals surface area contributed by atoms with Gasteiger partial charge in [0, 0.05) is 24.4 Å². The minimum atomic E-state index is 0.132. The monoisotopic (exact) mass is 249 g/mol. The number of nitrogens with zero attached hydrogens (tertiary/aromatic N) is 3. The van der Waals surface area contributed by atoms with Gasteiger partial charge >= 0.3 is 0 Å². The van der Waals surface area contributed by atoms with Gasteiger partial charge in [-0.2, -0.15) is 0 Å². The topological polar surface area (TPSA) is 116 Å². The summed E-state index contributed by atoms with van der Waals surface area (Å²) < 4.78 is 5.32. The molecule has 2 bridgehead atoms. The molecule has 0 amide bonds. The Morgan fingerprint density at radius 3 is 2.44 bits per heavy atom. The number of ether oxygens (including phenoxy) is 1. The van der Waals surface area contributed by atoms with Gasteiger partial charge in [-0.15, -0.1) is 4.91 Å². The van der Waals surface area contributed by atoms with Gasteiger partial charge in [0.25, 0.3) is 0 Å². The molecule has 4 rings (SSSR count). The molecule has 0 spiro atoms. The van der Waals surface area contributed by atoms with E-state index in [-0.39, 0.29) is 17.8 Å². The van der Waals surface area contributed by atoms with Gasteiger partial charge in [0.2, 0.25) is 0 Å². The van der Waals surface area contributed by atoms with E-state index in [0.29, 0.717) is 12.5 Å². The van der Waals surface area contributed by atoms with Crippen molar-refractivity contribution in [2.24, 2.45) is 22.6 Å². The molecule has 0 radical (unpaired) electrons. The van der Waals surface area contributed by atoms with E-state index in [1.807, 2.05) is 6.08 Å². The van der Waals surface area contributed by atoms with E-state index in [2.05, 4.69) is 15.1 Å². The standard InChI is InChI=1S/C7H12N2O.C4H3N3O/c8-6-1-4-2-7(9)5(6)3-10-4;8-7-4-1-5-3-6-2-4/h1,5-7H,2-3,8-9H2;1-3H. The number of aromatic nitrogens is 2. The Bertz CT molecular complexity index is 436. The first-order chi connectivity index (χ1) is 8.70. The van der Waals surface area contributed by atoms with Crippen LogP contribution in [-0.4, -0.2) is 28.7 Å². The van der Waals surface area contributed by atoms with Crippen LogP contribution in [0.15, 0.2) is 35.7 Å². The van der Waals surface area contributed by atoms with Crippen molar-refractivity contribution in [3.8, 4) is 0 Å². The van der Waals surface area contributed by atoms with Gasteiger partial charge in [0.05, 0.1) is 24.8 Å². The number of hydrogen-bond acceptors (Lipinski definition) is 7. The Morgan fingerprint density at radius 2 is 2.06 bits per heavy atom. The summed E-state index contributed by atoms with van der Waals surface area (Å²) in [6.45, 7) is 0.716. The first-order valence-corrected chi connectivity index (χ1v) is 5.63. The molecular weight excluding hydrogens is 234 g/mol. The highest BCUT2D eigenvalue weighted by Gasteiger charge is 2.34. The predicted molar refractivity (Wildman–Crippen MR) is 65.6 cm³/mol. The van der Waals surface area contributed by atoms with Gasteiger partial charge in [-0.05, 0) is 11.3 Å². The average molecular weight is 249 g/mol. The van der Waals surface area contributed by atoms with Crippen molar-refractivity contribution in [2.75, 3.05) is 6.61 Å². The number of fused-ring (bicyclic) bond motifs is 3. The second-order valence-electron chi connectivity index (χ2n) is 4.24. The van der Waals surface area contributed by atoms with Crippen molar-refractivity contribution in [2.45, 2.75) is 18.5 Å². The summed E-state index contributed by atoms with van der Waals surface area (Å²) in [5.74, 6) is 1.33. The molecule has 3 unspecified atom stereocenters. The van der Waals surface area contributed by atoms with Crippen LogP contribution in [0, 0.1) is 10.8 Å². The lowest BCUT2D eigenvalue weighted by Crippen LogP contribution is -2.50. The Kier molecular flexibility index (Phi) is 3.96. The Balaban J connectivity index is 0.000000138. The van der Waals surface area contributed by atoms with E-state index < -0.39 is 0 Å². The summed E-state index contributed by atoms with van der Waals surface area (Å²) in [6.07, 6.45) is 6.89. The lowest BCUT2D eigenvalue weighted by molar-refractivity contribution is 0.0714. The maximum absolute atomic E-state index is 9.68. The zero-order valence-electron chi connectivity index (χ0n) is 9.77. The molecule has 4 N–H and O–H groups in total. The molecule has 3 atom stereocenters. The molecule has 3 aliphatic rings. The van der Waals surface area contributed by atoms with E-state index in [1.54, 1.807) is 0 Å². The second-order valence-corrected chi connectivity index (χ2v) is 4.24. The average Bonchev–Trinajstić information content (AvgIpc) is 2.40. The quantitative estimate of drug-likeness (QED) is 0.698. The van der Waals surface area contributed by atoms with Crippen LogP contribution in [0.3, 0.4) is 0 Å². The van der Waals surface area contributed by atoms with Crippen molar-refractivity contribution in [3.05, 3.63) is 35.5 Å². The van der Waals surface area contributed by atoms with Gasteiger partial charge in [-0.1, -0.05) is 0 Å². The van der Waals surface area contributed by atoms with Crippen LogP contribution in [0.25, 0.3) is 0 Å². The molecule has 7 heteroatoms. The molecule has 0 aromatic carbocycles. The number of hydrogen-bond donors (Lipinski definition) is 2. The molecule has 1 fully saturated rings. The van der Waals surface area contributed by atoms with Crippen molar-refractivity contribution in [3.63, 3.8) is 0 Å². The Labute approximate surface area is 104 Å². The van der Waals surface area contributed by atoms with Crippen molar-refractivity contribution in [1.82, 2.24) is 9.97 Å². The molecule has 1 aliphatic carbocycles. The van der Waals surface area contributed by atoms with Crippen LogP contribution in [0.5, 0.6) is 0 Å². The smallest absolute Gasteiger partial charge is 0.144 e. The van der Waals surface area contributed by atoms with Crippen LogP contribution >= 0.6 is 0 Å². The van der Waals surface area contributed by atoms with Crippen molar-refractivity contribution < 1.29 is 4.74 Å². The van der Waals surface area contributed by atoms with E-state index in [9.17, 15) is 4.91 Å². The van der Waals surface area contributed by atoms with Crippen LogP contribution in [0.2, 0.25) is 0 Å². The minimum absolute atomic E-state index is 0.132. The SMILES string of the molecule is NC1C=C2CC(N)C1CO2.O=Nc1cncnc1. The van der Waals surface area contributed by atoms with E-state index in [0.717, 1.165) is 12.2 Å². The summed E-state index contributed by atoms with van der Waals surface area (Å²) in [5.41, 5.74) is 11.8. The first-order valence-electron chi connectivity index (χ1n) is 5.63. The van der Waals surface area contributed by atoms with Gasteiger partial charge in [0.1, 0.15) is 12.0 Å². The fourth-order valence-electron chi connectivity index (χ4n) is 1.96. The first kappa shape index (κ1) is 12.6. The Hall–Kier alpha value is -1.86. The summed E-state index contributed by atoms with van der Waals surface area (Å²) in [4.78, 5) is 16.8. The third-order valence-corrected chi connectivity index (χ3v) is 2.97. The van der Waals surface area contributed by atoms with Crippen molar-refractivity contribution in [1.29, 1.82) is 0 Å². The van der Waals surface area contributed by atoms with Gasteiger partial charge in [0.15, 0.2) is 0 Å². The summed E-state index contributed by atoms with van der Waals surface area (Å²) in [5, 5.41) is 2.60. The normalized spacial score (nSPS) is 28.6. The second kappa shape index (κ2) is 5.65. The zero-order chi connectivity index (χ0) is 13.0. The van der Waals surface area contributed by atoms with Crippen molar-refractivity contribution >= 4 is 5.69 Å². The highest BCUT2D eigenvalue weighted by atomic mass is 16.5. The van der Waals surface area contributed by atoms with Crippen LogP contribution < -0.4 is 11.5 Å². The fraction of sp³-hybridized carbons (Fsp3) is 0.455. The highest BCUT2D eigenvalue weighted by Crippen LogP contribution is 2.29. The number of nitrogens with two attached hydrogens (primary N) is 2. The van der Waals surface area contributed by atoms with E-state index in [1.165, 1.54) is 18.7 Å². The number of rotatable bonds is 1. The molecule has 1 aromatic heterocycles. The highest BCUT2D eigenvalue weighted by molar-refractivity contribution is 5.27. The van der Waals surface area contributed by atoms with Crippen LogP contribution in [0.1, 0.15) is 6.42 Å². The lowest BCUT2D eigenvalue weighted by Gasteiger charge is -2.38. The van der Waals surface area contributed by atoms with Gasteiger partial charge in [-0.25, -0.2) is 9.97 Å². The lowest BCUT2D eigenvalue weighted by atomic mass is 9.83. The van der Waals surface area contributed by atoms with Gasteiger partial charge < -0.3 is 16.2 Å². The minimum Gasteiger partial charge on any atom is -0.498 e. The predicted octanol–water partition coefficient (Wildman–Crippen LogP) is 0.450. The van der Waals surface area contributed by atoms with Crippen LogP contribution in [-0.2, 0) is 4.74 Å². The molecular formula is C11H15N5O2. The molecule has 1 aromatic rings.